The van der Waals surface area contributed by atoms with Gasteiger partial charge in [0.25, 0.3) is 0 Å². The number of carboxylic acids is 1. The zero-order valence-corrected chi connectivity index (χ0v) is 9.77. The molecule has 0 saturated heterocycles. The highest BCUT2D eigenvalue weighted by Gasteiger charge is 2.21. The van der Waals surface area contributed by atoms with Crippen LogP contribution in [0.15, 0.2) is 5.38 Å². The number of carboxylic acid groups (broad SMARTS) is 1. The Labute approximate surface area is 93.9 Å². The molecule has 1 aliphatic rings. The molecule has 1 unspecified atom stereocenters. The minimum absolute atomic E-state index is 0.324. The van der Waals surface area contributed by atoms with Crippen molar-refractivity contribution in [3.8, 4) is 0 Å². The van der Waals surface area contributed by atoms with Crippen molar-refractivity contribution in [2.75, 3.05) is 0 Å². The van der Waals surface area contributed by atoms with Crippen LogP contribution in [0.25, 0.3) is 0 Å². The minimum atomic E-state index is -0.664. The first-order chi connectivity index (χ1) is 7.16. The third-order valence-electron chi connectivity index (χ3n) is 3.23. The second-order valence-corrected chi connectivity index (χ2v) is 5.33. The molecule has 82 valence electrons. The lowest BCUT2D eigenvalue weighted by Crippen LogP contribution is -2.14. The smallest absolute Gasteiger partial charge is 0.303 e. The SMILES string of the molecule is Cc1csc2c1CCC(CCC(=O)O)C2. The summed E-state index contributed by atoms with van der Waals surface area (Å²) in [5, 5.41) is 10.9. The second kappa shape index (κ2) is 4.35. The molecule has 2 nitrogen and oxygen atoms in total. The number of rotatable bonds is 3. The number of carbonyl (C=O) groups is 1. The molecule has 1 heterocycles. The van der Waals surface area contributed by atoms with Crippen LogP contribution in [0.1, 0.15) is 35.3 Å². The zero-order chi connectivity index (χ0) is 10.8. The zero-order valence-electron chi connectivity index (χ0n) is 8.95. The fraction of sp³-hybridized carbons (Fsp3) is 0.583. The van der Waals surface area contributed by atoms with Gasteiger partial charge in [-0.15, -0.1) is 11.3 Å². The monoisotopic (exact) mass is 224 g/mol. The van der Waals surface area contributed by atoms with Crippen LogP contribution in [0.3, 0.4) is 0 Å². The summed E-state index contributed by atoms with van der Waals surface area (Å²) in [6.07, 6.45) is 4.57. The number of fused-ring (bicyclic) bond motifs is 1. The van der Waals surface area contributed by atoms with Crippen LogP contribution in [0.5, 0.6) is 0 Å². The summed E-state index contributed by atoms with van der Waals surface area (Å²) in [5.74, 6) is -0.0743. The normalized spacial score (nSPS) is 19.9. The van der Waals surface area contributed by atoms with E-state index in [0.717, 1.165) is 25.7 Å². The largest absolute Gasteiger partial charge is 0.481 e. The highest BCUT2D eigenvalue weighted by molar-refractivity contribution is 7.10. The fourth-order valence-electron chi connectivity index (χ4n) is 2.32. The number of thiophene rings is 1. The van der Waals surface area contributed by atoms with Gasteiger partial charge in [0, 0.05) is 11.3 Å². The molecule has 1 aliphatic carbocycles. The summed E-state index contributed by atoms with van der Waals surface area (Å²) >= 11 is 1.84. The van der Waals surface area contributed by atoms with Crippen LogP contribution in [0.4, 0.5) is 0 Å². The van der Waals surface area contributed by atoms with E-state index in [1.165, 1.54) is 16.0 Å². The average molecular weight is 224 g/mol. The summed E-state index contributed by atoms with van der Waals surface area (Å²) in [4.78, 5) is 12.0. The Morgan fingerprint density at radius 2 is 2.47 bits per heavy atom. The number of hydrogen-bond acceptors (Lipinski definition) is 2. The Balaban J connectivity index is 1.97. The van der Waals surface area contributed by atoms with Crippen molar-refractivity contribution >= 4 is 17.3 Å². The van der Waals surface area contributed by atoms with Gasteiger partial charge < -0.3 is 5.11 Å². The molecule has 0 radical (unpaired) electrons. The first kappa shape index (κ1) is 10.7. The van der Waals surface area contributed by atoms with E-state index in [-0.39, 0.29) is 0 Å². The quantitative estimate of drug-likeness (QED) is 0.857. The van der Waals surface area contributed by atoms with E-state index in [9.17, 15) is 4.79 Å². The van der Waals surface area contributed by atoms with E-state index in [1.807, 2.05) is 11.3 Å². The lowest BCUT2D eigenvalue weighted by molar-refractivity contribution is -0.137. The maximum atomic E-state index is 10.5. The van der Waals surface area contributed by atoms with Crippen molar-refractivity contribution in [1.82, 2.24) is 0 Å². The molecule has 1 N–H and O–H groups in total. The van der Waals surface area contributed by atoms with Crippen molar-refractivity contribution in [2.45, 2.75) is 39.0 Å². The molecular weight excluding hydrogens is 208 g/mol. The summed E-state index contributed by atoms with van der Waals surface area (Å²) in [5.41, 5.74) is 2.96. The molecular formula is C12H16O2S. The molecule has 15 heavy (non-hydrogen) atoms. The number of aryl methyl sites for hydroxylation is 1. The predicted octanol–water partition coefficient (Wildman–Crippen LogP) is 3.03. The van der Waals surface area contributed by atoms with Crippen molar-refractivity contribution in [3.05, 3.63) is 21.4 Å². The van der Waals surface area contributed by atoms with Crippen LogP contribution in [0, 0.1) is 12.8 Å². The van der Waals surface area contributed by atoms with Crippen LogP contribution in [-0.4, -0.2) is 11.1 Å². The van der Waals surface area contributed by atoms with Crippen molar-refractivity contribution in [1.29, 1.82) is 0 Å². The van der Waals surface area contributed by atoms with Crippen LogP contribution < -0.4 is 0 Å². The molecule has 3 heteroatoms. The fourth-order valence-corrected chi connectivity index (χ4v) is 3.51. The lowest BCUT2D eigenvalue weighted by Gasteiger charge is -2.21. The Bertz CT molecular complexity index is 368. The molecule has 0 aromatic carbocycles. The molecule has 0 fully saturated rings. The van der Waals surface area contributed by atoms with E-state index in [2.05, 4.69) is 12.3 Å². The molecule has 0 saturated carbocycles. The van der Waals surface area contributed by atoms with Crippen LogP contribution in [-0.2, 0) is 17.6 Å². The van der Waals surface area contributed by atoms with Gasteiger partial charge in [-0.3, -0.25) is 4.79 Å². The molecule has 1 atom stereocenters. The highest BCUT2D eigenvalue weighted by Crippen LogP contribution is 2.34. The van der Waals surface area contributed by atoms with Gasteiger partial charge in [0.1, 0.15) is 0 Å². The van der Waals surface area contributed by atoms with E-state index in [4.69, 9.17) is 5.11 Å². The van der Waals surface area contributed by atoms with Gasteiger partial charge in [-0.25, -0.2) is 0 Å². The van der Waals surface area contributed by atoms with Gasteiger partial charge in [0.15, 0.2) is 0 Å². The third kappa shape index (κ3) is 2.40. The van der Waals surface area contributed by atoms with Gasteiger partial charge >= 0.3 is 5.97 Å². The topological polar surface area (TPSA) is 37.3 Å². The molecule has 1 aromatic heterocycles. The first-order valence-electron chi connectivity index (χ1n) is 5.44. The Morgan fingerprint density at radius 3 is 3.20 bits per heavy atom. The van der Waals surface area contributed by atoms with E-state index in [0.29, 0.717) is 12.3 Å². The van der Waals surface area contributed by atoms with Crippen LogP contribution >= 0.6 is 11.3 Å². The Kier molecular flexibility index (Phi) is 3.10. The third-order valence-corrected chi connectivity index (χ3v) is 4.40. The maximum absolute atomic E-state index is 10.5. The Hall–Kier alpha value is -0.830. The molecule has 1 aromatic rings. The van der Waals surface area contributed by atoms with Gasteiger partial charge in [-0.2, -0.15) is 0 Å². The van der Waals surface area contributed by atoms with Gasteiger partial charge in [-0.1, -0.05) is 0 Å². The van der Waals surface area contributed by atoms with E-state index in [1.54, 1.807) is 0 Å². The lowest BCUT2D eigenvalue weighted by atomic mass is 9.85. The maximum Gasteiger partial charge on any atom is 0.303 e. The van der Waals surface area contributed by atoms with Gasteiger partial charge in [-0.05, 0) is 55.0 Å². The van der Waals surface area contributed by atoms with Gasteiger partial charge in [0.05, 0.1) is 0 Å². The standard InChI is InChI=1S/C12H16O2S/c1-8-7-15-11-6-9(2-4-10(8)11)3-5-12(13)14/h7,9H,2-6H2,1H3,(H,13,14). The number of hydrogen-bond donors (Lipinski definition) is 1. The summed E-state index contributed by atoms with van der Waals surface area (Å²) in [6, 6.07) is 0. The average Bonchev–Trinajstić information content (AvgIpc) is 2.57. The first-order valence-corrected chi connectivity index (χ1v) is 6.32. The van der Waals surface area contributed by atoms with Crippen molar-refractivity contribution in [2.24, 2.45) is 5.92 Å². The summed E-state index contributed by atoms with van der Waals surface area (Å²) in [6.45, 7) is 2.17. The number of aliphatic carboxylic acids is 1. The predicted molar refractivity (Wildman–Crippen MR) is 61.4 cm³/mol. The second-order valence-electron chi connectivity index (χ2n) is 4.36. The van der Waals surface area contributed by atoms with E-state index >= 15 is 0 Å². The van der Waals surface area contributed by atoms with E-state index < -0.39 is 5.97 Å². The minimum Gasteiger partial charge on any atom is -0.481 e. The molecule has 2 rings (SSSR count). The molecule has 0 amide bonds. The van der Waals surface area contributed by atoms with Crippen LogP contribution in [0.2, 0.25) is 0 Å². The molecule has 0 spiro atoms. The molecule has 0 bridgehead atoms. The Morgan fingerprint density at radius 1 is 1.67 bits per heavy atom. The van der Waals surface area contributed by atoms with Gasteiger partial charge in [0.2, 0.25) is 0 Å². The van der Waals surface area contributed by atoms with Crippen molar-refractivity contribution < 1.29 is 9.90 Å². The molecule has 0 aliphatic heterocycles. The summed E-state index contributed by atoms with van der Waals surface area (Å²) < 4.78 is 0. The highest BCUT2D eigenvalue weighted by atomic mass is 32.1. The summed E-state index contributed by atoms with van der Waals surface area (Å²) in [7, 11) is 0. The van der Waals surface area contributed by atoms with Crippen molar-refractivity contribution in [3.63, 3.8) is 0 Å².